The fourth-order valence-corrected chi connectivity index (χ4v) is 5.38. The van der Waals surface area contributed by atoms with Crippen LogP contribution in [0, 0.1) is 16.0 Å². The molecule has 1 aromatic carbocycles. The molecular formula is C14H14N4O4S. The second kappa shape index (κ2) is 4.68. The highest BCUT2D eigenvalue weighted by Crippen LogP contribution is 2.55. The van der Waals surface area contributed by atoms with Crippen LogP contribution in [0.5, 0.6) is 0 Å². The number of fused-ring (bicyclic) bond motifs is 4. The zero-order chi connectivity index (χ0) is 16.4. The smallest absolute Gasteiger partial charge is 0.269 e. The van der Waals surface area contributed by atoms with Crippen LogP contribution in [-0.2, 0) is 15.1 Å². The van der Waals surface area contributed by atoms with E-state index in [4.69, 9.17) is 5.73 Å². The Morgan fingerprint density at radius 3 is 3.00 bits per heavy atom. The summed E-state index contributed by atoms with van der Waals surface area (Å²) in [5.41, 5.74) is 5.28. The molecule has 3 heterocycles. The lowest BCUT2D eigenvalue weighted by molar-refractivity contribution is -0.385. The number of hydrogen-bond donors (Lipinski definition) is 2. The molecule has 8 nitrogen and oxygen atoms in total. The summed E-state index contributed by atoms with van der Waals surface area (Å²) in [6.45, 7) is 0. The zero-order valence-electron chi connectivity index (χ0n) is 12.0. The minimum Gasteiger partial charge on any atom is -0.369 e. The van der Waals surface area contributed by atoms with Crippen LogP contribution in [0.15, 0.2) is 18.2 Å². The van der Waals surface area contributed by atoms with Gasteiger partial charge in [0.15, 0.2) is 0 Å². The number of amides is 2. The number of rotatable bonds is 2. The van der Waals surface area contributed by atoms with E-state index in [2.05, 4.69) is 5.32 Å². The molecule has 120 valence electrons. The van der Waals surface area contributed by atoms with Crippen molar-refractivity contribution in [2.75, 3.05) is 16.9 Å². The van der Waals surface area contributed by atoms with E-state index in [1.807, 2.05) is 4.90 Å². The van der Waals surface area contributed by atoms with Gasteiger partial charge in [-0.05, 0) is 12.5 Å². The Labute approximate surface area is 135 Å². The van der Waals surface area contributed by atoms with Crippen LogP contribution in [0.2, 0.25) is 0 Å². The van der Waals surface area contributed by atoms with Crippen molar-refractivity contribution in [3.63, 3.8) is 0 Å². The first-order valence-corrected chi connectivity index (χ1v) is 8.36. The van der Waals surface area contributed by atoms with Gasteiger partial charge in [0.05, 0.1) is 10.8 Å². The number of primary amides is 1. The minimum atomic E-state index is -1.22. The van der Waals surface area contributed by atoms with Crippen LogP contribution in [0.3, 0.4) is 0 Å². The Morgan fingerprint density at radius 2 is 2.30 bits per heavy atom. The fourth-order valence-electron chi connectivity index (χ4n) is 4.07. The third kappa shape index (κ3) is 1.71. The molecule has 0 saturated carbocycles. The van der Waals surface area contributed by atoms with Crippen molar-refractivity contribution in [1.29, 1.82) is 0 Å². The van der Waals surface area contributed by atoms with Crippen molar-refractivity contribution in [2.24, 2.45) is 11.7 Å². The Balaban J connectivity index is 1.96. The maximum absolute atomic E-state index is 12.9. The van der Waals surface area contributed by atoms with Gasteiger partial charge in [-0.3, -0.25) is 24.6 Å². The van der Waals surface area contributed by atoms with Crippen molar-refractivity contribution in [1.82, 2.24) is 4.90 Å². The van der Waals surface area contributed by atoms with Crippen molar-refractivity contribution in [3.8, 4) is 0 Å². The highest BCUT2D eigenvalue weighted by molar-refractivity contribution is 7.99. The van der Waals surface area contributed by atoms with Crippen molar-refractivity contribution < 1.29 is 14.5 Å². The summed E-state index contributed by atoms with van der Waals surface area (Å²) >= 11 is 1.69. The van der Waals surface area contributed by atoms with Crippen LogP contribution in [0.4, 0.5) is 11.4 Å². The number of nitro benzene ring substituents is 1. The third-order valence-corrected chi connectivity index (χ3v) is 6.09. The van der Waals surface area contributed by atoms with Gasteiger partial charge in [0.2, 0.25) is 11.8 Å². The molecule has 3 N–H and O–H groups in total. The van der Waals surface area contributed by atoms with Crippen LogP contribution in [0.25, 0.3) is 0 Å². The SMILES string of the molecule is NC(=O)[C@@H]1CC2CSCN2[C@@]12C(=O)Nc1ccc([N+](=O)[O-])cc12. The zero-order valence-corrected chi connectivity index (χ0v) is 12.8. The van der Waals surface area contributed by atoms with E-state index in [1.54, 1.807) is 11.8 Å². The molecule has 0 radical (unpaired) electrons. The standard InChI is InChI=1S/C14H14N4O4S/c15-12(19)10-4-8-5-23-6-17(8)14(10)9-3-7(18(21)22)1-2-11(9)16-13(14)20/h1-3,8,10H,4-6H2,(H2,15,19)(H,16,20)/t8?,10-,14+/m0/s1. The normalized spacial score (nSPS) is 31.9. The Bertz CT molecular complexity index is 754. The fraction of sp³-hybridized carbons (Fsp3) is 0.429. The lowest BCUT2D eigenvalue weighted by Crippen LogP contribution is -2.53. The van der Waals surface area contributed by atoms with Gasteiger partial charge < -0.3 is 11.1 Å². The van der Waals surface area contributed by atoms with E-state index in [9.17, 15) is 19.7 Å². The number of benzene rings is 1. The Kier molecular flexibility index (Phi) is 2.94. The van der Waals surface area contributed by atoms with Gasteiger partial charge in [-0.15, -0.1) is 11.8 Å². The molecule has 1 aromatic rings. The third-order valence-electron chi connectivity index (χ3n) is 5.01. The number of nitrogens with zero attached hydrogens (tertiary/aromatic N) is 2. The number of non-ortho nitro benzene ring substituents is 1. The summed E-state index contributed by atoms with van der Waals surface area (Å²) in [6.07, 6.45) is 0.498. The van der Waals surface area contributed by atoms with Gasteiger partial charge in [0.25, 0.3) is 5.69 Å². The van der Waals surface area contributed by atoms with Crippen molar-refractivity contribution in [2.45, 2.75) is 18.0 Å². The Morgan fingerprint density at radius 1 is 1.52 bits per heavy atom. The van der Waals surface area contributed by atoms with Crippen LogP contribution >= 0.6 is 11.8 Å². The second-order valence-corrected chi connectivity index (χ2v) is 7.02. The largest absolute Gasteiger partial charge is 0.369 e. The molecule has 2 saturated heterocycles. The number of thioether (sulfide) groups is 1. The highest BCUT2D eigenvalue weighted by Gasteiger charge is 2.65. The second-order valence-electron chi connectivity index (χ2n) is 6.02. The number of hydrogen-bond acceptors (Lipinski definition) is 6. The quantitative estimate of drug-likeness (QED) is 0.604. The predicted molar refractivity (Wildman–Crippen MR) is 83.7 cm³/mol. The number of carbonyl (C=O) groups is 2. The average Bonchev–Trinajstić information content (AvgIpc) is 3.13. The lowest BCUT2D eigenvalue weighted by atomic mass is 9.79. The van der Waals surface area contributed by atoms with E-state index in [0.717, 1.165) is 5.75 Å². The summed E-state index contributed by atoms with van der Waals surface area (Å²) in [6, 6.07) is 4.35. The molecule has 3 aliphatic heterocycles. The van der Waals surface area contributed by atoms with Crippen LogP contribution in [0.1, 0.15) is 12.0 Å². The number of nitrogens with two attached hydrogens (primary N) is 1. The molecule has 0 aromatic heterocycles. The van der Waals surface area contributed by atoms with Crippen LogP contribution < -0.4 is 11.1 Å². The first-order chi connectivity index (χ1) is 11.0. The predicted octanol–water partition coefficient (Wildman–Crippen LogP) is 0.622. The first-order valence-electron chi connectivity index (χ1n) is 7.20. The van der Waals surface area contributed by atoms with E-state index >= 15 is 0 Å². The minimum absolute atomic E-state index is 0.0773. The number of carbonyl (C=O) groups excluding carboxylic acids is 2. The van der Waals surface area contributed by atoms with E-state index in [1.165, 1.54) is 18.2 Å². The molecule has 23 heavy (non-hydrogen) atoms. The molecule has 0 aliphatic carbocycles. The van der Waals surface area contributed by atoms with Crippen molar-refractivity contribution in [3.05, 3.63) is 33.9 Å². The summed E-state index contributed by atoms with van der Waals surface area (Å²) < 4.78 is 0. The molecule has 9 heteroatoms. The molecule has 1 spiro atoms. The molecule has 3 aliphatic rings. The van der Waals surface area contributed by atoms with Gasteiger partial charge in [-0.1, -0.05) is 0 Å². The monoisotopic (exact) mass is 334 g/mol. The topological polar surface area (TPSA) is 119 Å². The molecule has 3 atom stereocenters. The molecule has 0 bridgehead atoms. The van der Waals surface area contributed by atoms with Gasteiger partial charge >= 0.3 is 0 Å². The highest BCUT2D eigenvalue weighted by atomic mass is 32.2. The first kappa shape index (κ1) is 14.5. The molecular weight excluding hydrogens is 320 g/mol. The van der Waals surface area contributed by atoms with Gasteiger partial charge in [-0.2, -0.15) is 0 Å². The Hall–Kier alpha value is -2.13. The maximum atomic E-state index is 12.9. The van der Waals surface area contributed by atoms with Crippen molar-refractivity contribution >= 4 is 35.0 Å². The van der Waals surface area contributed by atoms with E-state index in [-0.39, 0.29) is 17.6 Å². The molecule has 4 rings (SSSR count). The average molecular weight is 334 g/mol. The van der Waals surface area contributed by atoms with E-state index < -0.39 is 22.3 Å². The van der Waals surface area contributed by atoms with E-state index in [0.29, 0.717) is 23.5 Å². The van der Waals surface area contributed by atoms with Gasteiger partial charge in [0.1, 0.15) is 5.54 Å². The van der Waals surface area contributed by atoms with Crippen LogP contribution in [-0.4, -0.2) is 39.3 Å². The molecule has 2 amide bonds. The summed E-state index contributed by atoms with van der Waals surface area (Å²) in [4.78, 5) is 37.5. The van der Waals surface area contributed by atoms with Gasteiger partial charge in [0, 0.05) is 41.1 Å². The number of nitro groups is 1. The molecule has 1 unspecified atom stereocenters. The van der Waals surface area contributed by atoms with Gasteiger partial charge in [-0.25, -0.2) is 0 Å². The number of anilines is 1. The maximum Gasteiger partial charge on any atom is 0.269 e. The summed E-state index contributed by atoms with van der Waals surface area (Å²) in [7, 11) is 0. The lowest BCUT2D eigenvalue weighted by Gasteiger charge is -2.35. The summed E-state index contributed by atoms with van der Waals surface area (Å²) in [5.74, 6) is -0.120. The number of nitrogens with one attached hydrogen (secondary N) is 1. The molecule has 2 fully saturated rings. The summed E-state index contributed by atoms with van der Waals surface area (Å²) in [5, 5.41) is 13.9.